The Kier molecular flexibility index (Phi) is 5.86. The molecule has 0 spiro atoms. The first-order valence-electron chi connectivity index (χ1n) is 6.43. The summed E-state index contributed by atoms with van der Waals surface area (Å²) in [6.07, 6.45) is 0.129. The number of carboxylic acids is 2. The van der Waals surface area contributed by atoms with Crippen LogP contribution in [0.15, 0.2) is 24.3 Å². The molecule has 7 nitrogen and oxygen atoms in total. The van der Waals surface area contributed by atoms with Crippen LogP contribution in [0.3, 0.4) is 0 Å². The first kappa shape index (κ1) is 16.6. The first-order valence-corrected chi connectivity index (χ1v) is 6.43. The number of anilines is 1. The summed E-state index contributed by atoms with van der Waals surface area (Å²) in [5.74, 6) is -2.79. The number of nitrogens with zero attached hydrogens (tertiary/aromatic N) is 2. The van der Waals surface area contributed by atoms with E-state index in [4.69, 9.17) is 10.2 Å². The summed E-state index contributed by atoms with van der Waals surface area (Å²) in [7, 11) is 0. The molecule has 1 rings (SSSR count). The van der Waals surface area contributed by atoms with Gasteiger partial charge in [0.1, 0.15) is 13.1 Å². The van der Waals surface area contributed by atoms with Crippen LogP contribution in [0.25, 0.3) is 0 Å². The fourth-order valence-electron chi connectivity index (χ4n) is 1.90. The molecular formula is C14H18N2O5. The summed E-state index contributed by atoms with van der Waals surface area (Å²) in [5, 5.41) is 20.0. The van der Waals surface area contributed by atoms with Gasteiger partial charge in [-0.2, -0.15) is 5.01 Å². The van der Waals surface area contributed by atoms with Crippen LogP contribution in [0.2, 0.25) is 0 Å². The molecule has 0 bridgehead atoms. The van der Waals surface area contributed by atoms with Crippen LogP contribution in [0.1, 0.15) is 18.9 Å². The molecule has 1 amide bonds. The molecule has 0 unspecified atom stereocenters. The monoisotopic (exact) mass is 294 g/mol. The van der Waals surface area contributed by atoms with Gasteiger partial charge in [0.25, 0.3) is 0 Å². The average Bonchev–Trinajstić information content (AvgIpc) is 2.39. The van der Waals surface area contributed by atoms with Crippen molar-refractivity contribution >= 4 is 23.5 Å². The maximum Gasteiger partial charge on any atom is 0.319 e. The summed E-state index contributed by atoms with van der Waals surface area (Å²) >= 11 is 0. The first-order chi connectivity index (χ1) is 9.86. The quantitative estimate of drug-likeness (QED) is 0.731. The molecule has 0 aliphatic rings. The molecule has 0 fully saturated rings. The molecule has 21 heavy (non-hydrogen) atoms. The Balaban J connectivity index is 3.26. The lowest BCUT2D eigenvalue weighted by Gasteiger charge is -2.33. The van der Waals surface area contributed by atoms with Crippen LogP contribution in [0, 0.1) is 6.92 Å². The van der Waals surface area contributed by atoms with Crippen LogP contribution in [0.5, 0.6) is 0 Å². The van der Waals surface area contributed by atoms with E-state index in [-0.39, 0.29) is 12.3 Å². The molecule has 0 aliphatic carbocycles. The number of amides is 1. The van der Waals surface area contributed by atoms with E-state index in [1.807, 2.05) is 0 Å². The van der Waals surface area contributed by atoms with E-state index in [9.17, 15) is 14.4 Å². The number of carbonyl (C=O) groups excluding carboxylic acids is 1. The van der Waals surface area contributed by atoms with Crippen molar-refractivity contribution in [2.75, 3.05) is 18.1 Å². The molecule has 2 N–H and O–H groups in total. The number of carbonyl (C=O) groups is 3. The number of hydrogen-bond donors (Lipinski definition) is 2. The number of rotatable bonds is 7. The smallest absolute Gasteiger partial charge is 0.319 e. The van der Waals surface area contributed by atoms with Crippen molar-refractivity contribution in [3.8, 4) is 0 Å². The molecule has 0 aliphatic heterocycles. The summed E-state index contributed by atoms with van der Waals surface area (Å²) in [4.78, 5) is 34.1. The van der Waals surface area contributed by atoms with Crippen molar-refractivity contribution in [2.24, 2.45) is 0 Å². The van der Waals surface area contributed by atoms with Gasteiger partial charge in [-0.1, -0.05) is 25.1 Å². The topological polar surface area (TPSA) is 98.2 Å². The zero-order valence-electron chi connectivity index (χ0n) is 11.9. The van der Waals surface area contributed by atoms with Gasteiger partial charge in [0.15, 0.2) is 0 Å². The second kappa shape index (κ2) is 7.39. The SMILES string of the molecule is CCC(=O)N(c1ccccc1C)N(CC(=O)O)CC(=O)O. The molecule has 0 saturated heterocycles. The normalized spacial score (nSPS) is 10.4. The number of hydrogen-bond acceptors (Lipinski definition) is 4. The molecule has 0 aromatic heterocycles. The molecule has 0 atom stereocenters. The molecule has 1 aromatic carbocycles. The minimum Gasteiger partial charge on any atom is -0.480 e. The van der Waals surface area contributed by atoms with Gasteiger partial charge < -0.3 is 10.2 Å². The van der Waals surface area contributed by atoms with Gasteiger partial charge in [0.2, 0.25) is 5.91 Å². The van der Waals surface area contributed by atoms with Gasteiger partial charge in [-0.15, -0.1) is 0 Å². The van der Waals surface area contributed by atoms with E-state index in [1.165, 1.54) is 0 Å². The van der Waals surface area contributed by atoms with Crippen LogP contribution in [-0.2, 0) is 14.4 Å². The number of hydrazine groups is 1. The highest BCUT2D eigenvalue weighted by Crippen LogP contribution is 2.22. The Morgan fingerprint density at radius 1 is 1.05 bits per heavy atom. The predicted octanol–water partition coefficient (Wildman–Crippen LogP) is 1.12. The van der Waals surface area contributed by atoms with E-state index in [0.717, 1.165) is 15.6 Å². The van der Waals surface area contributed by atoms with E-state index in [2.05, 4.69) is 0 Å². The van der Waals surface area contributed by atoms with E-state index >= 15 is 0 Å². The van der Waals surface area contributed by atoms with Crippen molar-refractivity contribution in [2.45, 2.75) is 20.3 Å². The Morgan fingerprint density at radius 2 is 1.57 bits per heavy atom. The van der Waals surface area contributed by atoms with Crippen molar-refractivity contribution in [1.82, 2.24) is 5.01 Å². The Hall–Kier alpha value is -2.41. The van der Waals surface area contributed by atoms with Gasteiger partial charge in [-0.3, -0.25) is 14.4 Å². The molecule has 7 heteroatoms. The highest BCUT2D eigenvalue weighted by atomic mass is 16.4. The lowest BCUT2D eigenvalue weighted by molar-refractivity contribution is -0.142. The third-order valence-corrected chi connectivity index (χ3v) is 2.80. The van der Waals surface area contributed by atoms with Gasteiger partial charge in [-0.25, -0.2) is 5.01 Å². The molecule has 0 saturated carbocycles. The highest BCUT2D eigenvalue weighted by Gasteiger charge is 2.26. The number of para-hydroxylation sites is 1. The summed E-state index contributed by atoms with van der Waals surface area (Å²) < 4.78 is 0. The predicted molar refractivity (Wildman–Crippen MR) is 75.8 cm³/mol. The lowest BCUT2D eigenvalue weighted by atomic mass is 10.2. The van der Waals surface area contributed by atoms with Gasteiger partial charge in [-0.05, 0) is 18.6 Å². The largest absolute Gasteiger partial charge is 0.480 e. The average molecular weight is 294 g/mol. The standard InChI is InChI=1S/C14H18N2O5/c1-3-12(17)16(11-7-5-4-6-10(11)2)15(8-13(18)19)9-14(20)21/h4-7H,3,8-9H2,1-2H3,(H,18,19)(H,20,21). The zero-order chi connectivity index (χ0) is 16.0. The van der Waals surface area contributed by atoms with Crippen LogP contribution < -0.4 is 5.01 Å². The molecule has 1 aromatic rings. The molecule has 114 valence electrons. The van der Waals surface area contributed by atoms with Crippen LogP contribution >= 0.6 is 0 Å². The summed E-state index contributed by atoms with van der Waals surface area (Å²) in [6.45, 7) is 2.25. The third kappa shape index (κ3) is 4.57. The molecule has 0 radical (unpaired) electrons. The van der Waals surface area contributed by atoms with Crippen molar-refractivity contribution in [3.63, 3.8) is 0 Å². The van der Waals surface area contributed by atoms with E-state index in [0.29, 0.717) is 5.69 Å². The minimum absolute atomic E-state index is 0.129. The van der Waals surface area contributed by atoms with Crippen molar-refractivity contribution in [1.29, 1.82) is 0 Å². The second-order valence-corrected chi connectivity index (χ2v) is 4.46. The Bertz CT molecular complexity index is 528. The number of aliphatic carboxylic acids is 2. The van der Waals surface area contributed by atoms with Gasteiger partial charge in [0.05, 0.1) is 5.69 Å². The fraction of sp³-hybridized carbons (Fsp3) is 0.357. The second-order valence-electron chi connectivity index (χ2n) is 4.46. The molecule has 0 heterocycles. The van der Waals surface area contributed by atoms with Crippen LogP contribution in [-0.4, -0.2) is 46.2 Å². The van der Waals surface area contributed by atoms with Crippen LogP contribution in [0.4, 0.5) is 5.69 Å². The summed E-state index contributed by atoms with van der Waals surface area (Å²) in [6, 6.07) is 6.91. The van der Waals surface area contributed by atoms with Gasteiger partial charge in [0, 0.05) is 6.42 Å². The van der Waals surface area contributed by atoms with E-state index < -0.39 is 25.0 Å². The fourth-order valence-corrected chi connectivity index (χ4v) is 1.90. The maximum absolute atomic E-state index is 12.2. The van der Waals surface area contributed by atoms with E-state index in [1.54, 1.807) is 38.1 Å². The Labute approximate surface area is 122 Å². The molecular weight excluding hydrogens is 276 g/mol. The van der Waals surface area contributed by atoms with Gasteiger partial charge >= 0.3 is 11.9 Å². The minimum atomic E-state index is -1.21. The Morgan fingerprint density at radius 3 is 2.00 bits per heavy atom. The van der Waals surface area contributed by atoms with Crippen molar-refractivity contribution in [3.05, 3.63) is 29.8 Å². The van der Waals surface area contributed by atoms with Crippen molar-refractivity contribution < 1.29 is 24.6 Å². The number of carboxylic acid groups (broad SMARTS) is 2. The number of aryl methyl sites for hydroxylation is 1. The number of benzene rings is 1. The lowest BCUT2D eigenvalue weighted by Crippen LogP contribution is -2.51. The summed E-state index contributed by atoms with van der Waals surface area (Å²) in [5.41, 5.74) is 1.23. The highest BCUT2D eigenvalue weighted by molar-refractivity contribution is 5.94. The maximum atomic E-state index is 12.2. The zero-order valence-corrected chi connectivity index (χ0v) is 11.9. The third-order valence-electron chi connectivity index (χ3n) is 2.80.